The third kappa shape index (κ3) is 10.0. The molecule has 4 aromatic carbocycles. The van der Waals surface area contributed by atoms with E-state index >= 15 is 0 Å². The van der Waals surface area contributed by atoms with Crippen LogP contribution in [0.1, 0.15) is 26.3 Å². The van der Waals surface area contributed by atoms with Crippen LogP contribution in [-0.2, 0) is 0 Å². The maximum atomic E-state index is 13.4. The first-order chi connectivity index (χ1) is 18.4. The highest BCUT2D eigenvalue weighted by Gasteiger charge is 2.17. The van der Waals surface area contributed by atoms with Gasteiger partial charge in [-0.15, -0.1) is 0 Å². The summed E-state index contributed by atoms with van der Waals surface area (Å²) in [6, 6.07) is 16.9. The predicted octanol–water partition coefficient (Wildman–Crippen LogP) is 7.20. The summed E-state index contributed by atoms with van der Waals surface area (Å²) < 4.78 is 50.3. The SMILES string of the molecule is F.Fc1ccc(F)cc1.O=C(Cl)c1cccc([N+](=O)[O-])c1.O=C(c1cccc([N+](=O)[O-])c1)c1cc(F)ccc1F. The van der Waals surface area contributed by atoms with Gasteiger partial charge in [0.25, 0.3) is 16.6 Å². The van der Waals surface area contributed by atoms with Crippen LogP contribution in [0.15, 0.2) is 91.0 Å². The van der Waals surface area contributed by atoms with Crippen molar-refractivity contribution in [3.63, 3.8) is 0 Å². The monoisotopic (exact) mass is 582 g/mol. The number of nitrogens with zero attached hydrogens (tertiary/aromatic N) is 2. The molecular weight excluding hydrogens is 567 g/mol. The van der Waals surface area contributed by atoms with Crippen LogP contribution < -0.4 is 0 Å². The molecule has 0 saturated heterocycles. The fourth-order valence-electron chi connectivity index (χ4n) is 2.76. The van der Waals surface area contributed by atoms with Crippen molar-refractivity contribution < 1.29 is 41.7 Å². The first kappa shape index (κ1) is 33.0. The fourth-order valence-corrected chi connectivity index (χ4v) is 2.88. The zero-order valence-corrected chi connectivity index (χ0v) is 20.6. The Balaban J connectivity index is 0.000000326. The Morgan fingerprint density at radius 3 is 1.50 bits per heavy atom. The number of hydrogen-bond donors (Lipinski definition) is 0. The molecule has 8 nitrogen and oxygen atoms in total. The largest absolute Gasteiger partial charge is 0.288 e. The summed E-state index contributed by atoms with van der Waals surface area (Å²) in [5.41, 5.74) is -0.825. The molecule has 40 heavy (non-hydrogen) atoms. The molecule has 0 amide bonds. The van der Waals surface area contributed by atoms with Gasteiger partial charge in [0.2, 0.25) is 0 Å². The van der Waals surface area contributed by atoms with Gasteiger partial charge in [0.05, 0.1) is 15.4 Å². The summed E-state index contributed by atoms with van der Waals surface area (Å²) in [6.45, 7) is 0. The van der Waals surface area contributed by atoms with E-state index in [1.165, 1.54) is 36.4 Å². The Hall–Kier alpha value is -5.04. The minimum absolute atomic E-state index is 0. The molecule has 0 aliphatic rings. The summed E-state index contributed by atoms with van der Waals surface area (Å²) in [6.07, 6.45) is 0. The van der Waals surface area contributed by atoms with Crippen LogP contribution in [0.4, 0.5) is 33.6 Å². The predicted molar refractivity (Wildman–Crippen MR) is 135 cm³/mol. The van der Waals surface area contributed by atoms with E-state index in [-0.39, 0.29) is 27.2 Å². The van der Waals surface area contributed by atoms with Crippen molar-refractivity contribution in [3.05, 3.63) is 151 Å². The molecule has 0 atom stereocenters. The van der Waals surface area contributed by atoms with Gasteiger partial charge in [-0.25, -0.2) is 17.6 Å². The van der Waals surface area contributed by atoms with E-state index in [4.69, 9.17) is 11.6 Å². The number of nitro benzene ring substituents is 2. The Morgan fingerprint density at radius 2 is 1.05 bits per heavy atom. The molecule has 0 bridgehead atoms. The average Bonchev–Trinajstić information content (AvgIpc) is 2.92. The van der Waals surface area contributed by atoms with Crippen LogP contribution in [0.5, 0.6) is 0 Å². The van der Waals surface area contributed by atoms with Crippen LogP contribution in [0.3, 0.4) is 0 Å². The molecule has 0 unspecified atom stereocenters. The number of rotatable bonds is 5. The Labute approximate surface area is 227 Å². The first-order valence-electron chi connectivity index (χ1n) is 10.5. The molecule has 4 aromatic rings. The maximum Gasteiger partial charge on any atom is 0.270 e. The first-order valence-corrected chi connectivity index (χ1v) is 10.9. The Kier molecular flexibility index (Phi) is 12.7. The third-order valence-electron chi connectivity index (χ3n) is 4.58. The Bertz CT molecular complexity index is 1470. The average molecular weight is 583 g/mol. The number of non-ortho nitro benzene ring substituents is 2. The number of carbonyl (C=O) groups is 2. The lowest BCUT2D eigenvalue weighted by molar-refractivity contribution is -0.385. The quantitative estimate of drug-likeness (QED) is 0.0807. The van der Waals surface area contributed by atoms with E-state index < -0.39 is 49.7 Å². The van der Waals surface area contributed by atoms with E-state index in [1.54, 1.807) is 0 Å². The van der Waals surface area contributed by atoms with Gasteiger partial charge in [-0.3, -0.25) is 34.5 Å². The molecule has 0 saturated carbocycles. The normalized spacial score (nSPS) is 9.53. The minimum Gasteiger partial charge on any atom is -0.288 e. The number of halogens is 6. The van der Waals surface area contributed by atoms with Crippen molar-refractivity contribution in [2.24, 2.45) is 0 Å². The van der Waals surface area contributed by atoms with Crippen LogP contribution in [0, 0.1) is 43.5 Å². The smallest absolute Gasteiger partial charge is 0.270 e. The topological polar surface area (TPSA) is 120 Å². The summed E-state index contributed by atoms with van der Waals surface area (Å²) in [5, 5.41) is 20.1. The molecule has 0 N–H and O–H groups in total. The second kappa shape index (κ2) is 15.4. The van der Waals surface area contributed by atoms with Gasteiger partial charge in [0, 0.05) is 35.4 Å². The van der Waals surface area contributed by atoms with Crippen LogP contribution in [0.2, 0.25) is 0 Å². The third-order valence-corrected chi connectivity index (χ3v) is 4.80. The van der Waals surface area contributed by atoms with Gasteiger partial charge in [-0.2, -0.15) is 0 Å². The number of nitro groups is 2. The lowest BCUT2D eigenvalue weighted by atomic mass is 10.0. The summed E-state index contributed by atoms with van der Waals surface area (Å²) in [5.74, 6) is -3.26. The van der Waals surface area contributed by atoms with Crippen molar-refractivity contribution in [3.8, 4) is 0 Å². The molecule has 0 spiro atoms. The van der Waals surface area contributed by atoms with E-state index in [2.05, 4.69) is 0 Å². The van der Waals surface area contributed by atoms with Crippen molar-refractivity contribution in [1.29, 1.82) is 0 Å². The highest BCUT2D eigenvalue weighted by atomic mass is 35.5. The molecule has 14 heteroatoms. The van der Waals surface area contributed by atoms with Crippen LogP contribution in [0.25, 0.3) is 0 Å². The van der Waals surface area contributed by atoms with Gasteiger partial charge >= 0.3 is 0 Å². The van der Waals surface area contributed by atoms with Gasteiger partial charge in [0.1, 0.15) is 23.3 Å². The van der Waals surface area contributed by atoms with Gasteiger partial charge in [-0.1, -0.05) is 18.2 Å². The molecule has 0 aliphatic heterocycles. The second-order valence-corrected chi connectivity index (χ2v) is 7.62. The van der Waals surface area contributed by atoms with E-state index in [1.807, 2.05) is 0 Å². The molecule has 208 valence electrons. The van der Waals surface area contributed by atoms with Crippen molar-refractivity contribution >= 4 is 34.0 Å². The number of hydrogen-bond acceptors (Lipinski definition) is 6. The van der Waals surface area contributed by atoms with Gasteiger partial charge in [-0.05, 0) is 60.1 Å². The van der Waals surface area contributed by atoms with Crippen LogP contribution >= 0.6 is 11.6 Å². The molecule has 0 aromatic heterocycles. The maximum absolute atomic E-state index is 13.4. The van der Waals surface area contributed by atoms with Crippen molar-refractivity contribution in [1.82, 2.24) is 0 Å². The Morgan fingerprint density at radius 1 is 0.625 bits per heavy atom. The zero-order valence-electron chi connectivity index (χ0n) is 19.8. The summed E-state index contributed by atoms with van der Waals surface area (Å²) in [4.78, 5) is 42.1. The summed E-state index contributed by atoms with van der Waals surface area (Å²) >= 11 is 5.12. The molecule has 0 aliphatic carbocycles. The molecule has 4 rings (SSSR count). The number of ketones is 1. The highest BCUT2D eigenvalue weighted by molar-refractivity contribution is 6.67. The minimum atomic E-state index is -0.877. The van der Waals surface area contributed by atoms with Crippen molar-refractivity contribution in [2.75, 3.05) is 0 Å². The fraction of sp³-hybridized carbons (Fsp3) is 0. The lowest BCUT2D eigenvalue weighted by Gasteiger charge is -2.03. The zero-order chi connectivity index (χ0) is 29.1. The standard InChI is InChI=1S/C13H7F2NO3.C7H4ClNO3.C6H4F2.FH/c14-9-4-5-12(15)11(7-9)13(17)8-2-1-3-10(6-8)16(18)19;8-7(10)5-2-1-3-6(4-5)9(11)12;7-5-1-2-6(8)4-3-5;/h1-7H;1-4H;1-4H;1H. The second-order valence-electron chi connectivity index (χ2n) is 7.28. The number of benzene rings is 4. The van der Waals surface area contributed by atoms with E-state index in [0.29, 0.717) is 0 Å². The summed E-state index contributed by atoms with van der Waals surface area (Å²) in [7, 11) is 0. The molecule has 0 radical (unpaired) electrons. The molecule has 0 heterocycles. The number of carbonyl (C=O) groups excluding carboxylic acids is 2. The van der Waals surface area contributed by atoms with E-state index in [0.717, 1.165) is 54.6 Å². The van der Waals surface area contributed by atoms with Crippen LogP contribution in [-0.4, -0.2) is 20.9 Å². The lowest BCUT2D eigenvalue weighted by Crippen LogP contribution is -2.05. The molecule has 0 fully saturated rings. The van der Waals surface area contributed by atoms with E-state index in [9.17, 15) is 47.4 Å². The molecular formula is C26H16ClF5N2O6. The van der Waals surface area contributed by atoms with Gasteiger partial charge < -0.3 is 0 Å². The highest BCUT2D eigenvalue weighted by Crippen LogP contribution is 2.19. The van der Waals surface area contributed by atoms with Gasteiger partial charge in [0.15, 0.2) is 5.78 Å². The van der Waals surface area contributed by atoms with Crippen molar-refractivity contribution in [2.45, 2.75) is 0 Å².